The van der Waals surface area contributed by atoms with Gasteiger partial charge >= 0.3 is 0 Å². The molecule has 1 amide bonds. The molecule has 0 spiro atoms. The number of nitrogens with zero attached hydrogens (tertiary/aromatic N) is 4. The topological polar surface area (TPSA) is 100 Å². The number of aryl methyl sites for hydroxylation is 1. The van der Waals surface area contributed by atoms with Gasteiger partial charge in [0, 0.05) is 35.8 Å². The summed E-state index contributed by atoms with van der Waals surface area (Å²) in [6, 6.07) is 13.7. The molecule has 31 heavy (non-hydrogen) atoms. The van der Waals surface area contributed by atoms with Gasteiger partial charge in [0.2, 0.25) is 0 Å². The van der Waals surface area contributed by atoms with E-state index in [1.807, 2.05) is 31.4 Å². The average Bonchev–Trinajstić information content (AvgIpc) is 3.18. The summed E-state index contributed by atoms with van der Waals surface area (Å²) in [5.74, 6) is -0.268. The molecule has 0 N–H and O–H groups in total. The number of nitro groups is 1. The van der Waals surface area contributed by atoms with Gasteiger partial charge in [-0.05, 0) is 43.2 Å². The third-order valence-corrected chi connectivity index (χ3v) is 6.56. The van der Waals surface area contributed by atoms with E-state index in [0.717, 1.165) is 17.7 Å². The highest BCUT2D eigenvalue weighted by molar-refractivity contribution is 8.01. The molecule has 0 saturated carbocycles. The molecule has 0 aliphatic carbocycles. The lowest BCUT2D eigenvalue weighted by molar-refractivity contribution is -0.387. The quantitative estimate of drug-likeness (QED) is 0.333. The molecule has 0 radical (unpaired) electrons. The third-order valence-electron chi connectivity index (χ3n) is 4.43. The van der Waals surface area contributed by atoms with Crippen LogP contribution in [0.4, 0.5) is 5.69 Å². The van der Waals surface area contributed by atoms with Crippen molar-refractivity contribution in [3.63, 3.8) is 0 Å². The van der Waals surface area contributed by atoms with E-state index in [1.54, 1.807) is 29.2 Å². The second kappa shape index (κ2) is 10.2. The highest BCUT2D eigenvalue weighted by atomic mass is 32.2. The molecule has 0 saturated heterocycles. The zero-order valence-electron chi connectivity index (χ0n) is 17.1. The molecule has 158 valence electrons. The number of carbonyl (C=O) groups excluding carboxylic acids is 1. The van der Waals surface area contributed by atoms with Gasteiger partial charge in [0.25, 0.3) is 11.6 Å². The molecule has 0 atom stereocenters. The van der Waals surface area contributed by atoms with Crippen molar-refractivity contribution >= 4 is 34.7 Å². The first-order chi connectivity index (χ1) is 14.9. The molecule has 0 fully saturated rings. The Kier molecular flexibility index (Phi) is 7.39. The number of rotatable bonds is 8. The van der Waals surface area contributed by atoms with Gasteiger partial charge in [-0.1, -0.05) is 30.8 Å². The van der Waals surface area contributed by atoms with Crippen molar-refractivity contribution in [2.75, 3.05) is 6.54 Å². The monoisotopic (exact) mass is 452 g/mol. The Morgan fingerprint density at radius 3 is 2.61 bits per heavy atom. The Morgan fingerprint density at radius 1 is 1.29 bits per heavy atom. The Morgan fingerprint density at radius 2 is 2.03 bits per heavy atom. The number of aromatic nitrogens is 1. The van der Waals surface area contributed by atoms with Crippen LogP contribution in [-0.4, -0.2) is 27.3 Å². The summed E-state index contributed by atoms with van der Waals surface area (Å²) >= 11 is 2.65. The maximum atomic E-state index is 13.1. The number of thiazole rings is 1. The second-order valence-electron chi connectivity index (χ2n) is 6.83. The summed E-state index contributed by atoms with van der Waals surface area (Å²) in [5, 5.41) is 22.5. The molecule has 0 aliphatic heterocycles. The van der Waals surface area contributed by atoms with Gasteiger partial charge in [-0.15, -0.1) is 11.3 Å². The average molecular weight is 453 g/mol. The van der Waals surface area contributed by atoms with E-state index < -0.39 is 4.92 Å². The Bertz CT molecular complexity index is 1140. The zero-order valence-corrected chi connectivity index (χ0v) is 18.7. The predicted molar refractivity (Wildman–Crippen MR) is 120 cm³/mol. The van der Waals surface area contributed by atoms with Crippen molar-refractivity contribution in [1.82, 2.24) is 9.88 Å². The van der Waals surface area contributed by atoms with Gasteiger partial charge in [0.15, 0.2) is 4.34 Å². The highest BCUT2D eigenvalue weighted by Crippen LogP contribution is 2.37. The van der Waals surface area contributed by atoms with Crippen molar-refractivity contribution in [3.8, 4) is 6.07 Å². The van der Waals surface area contributed by atoms with Crippen LogP contribution < -0.4 is 0 Å². The summed E-state index contributed by atoms with van der Waals surface area (Å²) in [7, 11) is 0. The maximum absolute atomic E-state index is 13.1. The summed E-state index contributed by atoms with van der Waals surface area (Å²) in [4.78, 5) is 30.8. The lowest BCUT2D eigenvalue weighted by Crippen LogP contribution is -2.31. The van der Waals surface area contributed by atoms with E-state index in [0.29, 0.717) is 27.9 Å². The van der Waals surface area contributed by atoms with E-state index in [-0.39, 0.29) is 17.2 Å². The van der Waals surface area contributed by atoms with Crippen LogP contribution in [0, 0.1) is 28.4 Å². The Hall–Kier alpha value is -3.22. The van der Waals surface area contributed by atoms with Gasteiger partial charge in [-0.3, -0.25) is 14.9 Å². The number of carbonyl (C=O) groups is 1. The van der Waals surface area contributed by atoms with Gasteiger partial charge in [0.05, 0.1) is 21.5 Å². The molecule has 0 aliphatic rings. The van der Waals surface area contributed by atoms with E-state index in [4.69, 9.17) is 5.26 Å². The largest absolute Gasteiger partial charge is 0.334 e. The van der Waals surface area contributed by atoms with Crippen molar-refractivity contribution in [2.45, 2.75) is 36.0 Å². The fourth-order valence-electron chi connectivity index (χ4n) is 2.96. The van der Waals surface area contributed by atoms with Crippen LogP contribution in [-0.2, 0) is 6.54 Å². The number of hydrogen-bond donors (Lipinski definition) is 0. The summed E-state index contributed by atoms with van der Waals surface area (Å²) < 4.78 is 0.716. The number of hydrogen-bond acceptors (Lipinski definition) is 7. The second-order valence-corrected chi connectivity index (χ2v) is 8.98. The van der Waals surface area contributed by atoms with E-state index in [1.165, 1.54) is 29.2 Å². The number of nitriles is 1. The highest BCUT2D eigenvalue weighted by Gasteiger charge is 2.22. The fourth-order valence-corrected chi connectivity index (χ4v) is 4.84. The van der Waals surface area contributed by atoms with E-state index in [9.17, 15) is 14.9 Å². The minimum Gasteiger partial charge on any atom is -0.334 e. The molecule has 3 aromatic rings. The SMILES string of the molecule is CCCN(Cc1ccc(C#N)cc1)C(=O)c1ccc(Sc2nc(C)cs2)c([N+](=O)[O-])c1. The zero-order chi connectivity index (χ0) is 22.4. The van der Waals surface area contributed by atoms with Crippen LogP contribution in [0.15, 0.2) is 57.1 Å². The summed E-state index contributed by atoms with van der Waals surface area (Å²) in [6.45, 7) is 4.72. The molecular weight excluding hydrogens is 432 g/mol. The lowest BCUT2D eigenvalue weighted by Gasteiger charge is -2.22. The van der Waals surface area contributed by atoms with Gasteiger partial charge in [-0.25, -0.2) is 4.98 Å². The molecule has 2 aromatic carbocycles. The van der Waals surface area contributed by atoms with Crippen LogP contribution in [0.3, 0.4) is 0 Å². The first-order valence-corrected chi connectivity index (χ1v) is 11.3. The van der Waals surface area contributed by atoms with Gasteiger partial charge < -0.3 is 4.90 Å². The number of amides is 1. The van der Waals surface area contributed by atoms with Gasteiger partial charge in [0.1, 0.15) is 0 Å². The van der Waals surface area contributed by atoms with Crippen LogP contribution in [0.2, 0.25) is 0 Å². The minimum atomic E-state index is -0.468. The van der Waals surface area contributed by atoms with Crippen molar-refractivity contribution in [2.24, 2.45) is 0 Å². The molecular formula is C22H20N4O3S2. The molecule has 7 nitrogen and oxygen atoms in total. The molecule has 0 unspecified atom stereocenters. The smallest absolute Gasteiger partial charge is 0.284 e. The van der Waals surface area contributed by atoms with Crippen LogP contribution in [0.5, 0.6) is 0 Å². The number of benzene rings is 2. The Labute approximate surface area is 188 Å². The van der Waals surface area contributed by atoms with Crippen molar-refractivity contribution in [3.05, 3.63) is 80.3 Å². The standard InChI is InChI=1S/C22H20N4O3S2/c1-3-10-25(13-17-6-4-16(12-23)5-7-17)21(27)18-8-9-20(19(11-18)26(28)29)31-22-24-15(2)14-30-22/h4-9,11,14H,3,10,13H2,1-2H3. The first-order valence-electron chi connectivity index (χ1n) is 9.58. The van der Waals surface area contributed by atoms with Crippen LogP contribution in [0.1, 0.15) is 40.5 Å². The molecule has 3 rings (SSSR count). The van der Waals surface area contributed by atoms with Crippen molar-refractivity contribution < 1.29 is 9.72 Å². The number of nitro benzene ring substituents is 1. The molecule has 1 heterocycles. The van der Waals surface area contributed by atoms with Crippen LogP contribution in [0.25, 0.3) is 0 Å². The maximum Gasteiger partial charge on any atom is 0.284 e. The van der Waals surface area contributed by atoms with Gasteiger partial charge in [-0.2, -0.15) is 5.26 Å². The van der Waals surface area contributed by atoms with E-state index in [2.05, 4.69) is 11.1 Å². The minimum absolute atomic E-state index is 0.112. The summed E-state index contributed by atoms with van der Waals surface area (Å²) in [6.07, 6.45) is 0.751. The molecule has 1 aromatic heterocycles. The predicted octanol–water partition coefficient (Wildman–Crippen LogP) is 5.44. The molecule has 9 heteroatoms. The molecule has 0 bridgehead atoms. The normalized spacial score (nSPS) is 10.5. The fraction of sp³-hybridized carbons (Fsp3) is 0.227. The van der Waals surface area contributed by atoms with Crippen LogP contribution >= 0.6 is 23.1 Å². The van der Waals surface area contributed by atoms with Crippen molar-refractivity contribution in [1.29, 1.82) is 5.26 Å². The van der Waals surface area contributed by atoms with E-state index >= 15 is 0 Å². The first kappa shape index (κ1) is 22.5. The third kappa shape index (κ3) is 5.69. The summed E-state index contributed by atoms with van der Waals surface area (Å²) in [5.41, 5.74) is 2.46. The Balaban J connectivity index is 1.85. The lowest BCUT2D eigenvalue weighted by atomic mass is 10.1.